The molecule has 1 aromatic heterocycles. The number of aliphatic imine (C=N–C) groups is 1. The van der Waals surface area contributed by atoms with Gasteiger partial charge in [0.05, 0.1) is 17.0 Å². The zero-order valence-corrected chi connectivity index (χ0v) is 18.7. The summed E-state index contributed by atoms with van der Waals surface area (Å²) in [5.41, 5.74) is 10.2. The summed E-state index contributed by atoms with van der Waals surface area (Å²) in [5.74, 6) is -0.0388. The van der Waals surface area contributed by atoms with Gasteiger partial charge in [-0.3, -0.25) is 19.8 Å². The van der Waals surface area contributed by atoms with Crippen molar-refractivity contribution in [2.45, 2.75) is 65.1 Å². The molecule has 2 heterocycles. The molecule has 7 heteroatoms. The second-order valence-electron chi connectivity index (χ2n) is 8.59. The van der Waals surface area contributed by atoms with Crippen molar-refractivity contribution in [1.29, 1.82) is 0 Å². The summed E-state index contributed by atoms with van der Waals surface area (Å²) < 4.78 is 1.94. The molecule has 166 valence electrons. The monoisotopic (exact) mass is 423 g/mol. The molecule has 0 spiro atoms. The van der Waals surface area contributed by atoms with Gasteiger partial charge in [-0.25, -0.2) is 0 Å². The number of nitrogens with one attached hydrogen (secondary N) is 3. The van der Waals surface area contributed by atoms with E-state index >= 15 is 0 Å². The maximum Gasteiger partial charge on any atom is 0.253 e. The molecule has 2 aromatic rings. The number of aryl methyl sites for hydroxylation is 2. The van der Waals surface area contributed by atoms with Crippen LogP contribution in [-0.4, -0.2) is 40.7 Å². The van der Waals surface area contributed by atoms with Crippen LogP contribution in [0.15, 0.2) is 29.4 Å². The quantitative estimate of drug-likeness (QED) is 0.467. The van der Waals surface area contributed by atoms with Gasteiger partial charge >= 0.3 is 0 Å². The lowest BCUT2D eigenvalue weighted by Gasteiger charge is -2.20. The van der Waals surface area contributed by atoms with E-state index in [1.54, 1.807) is 0 Å². The van der Waals surface area contributed by atoms with Crippen molar-refractivity contribution < 1.29 is 9.90 Å². The van der Waals surface area contributed by atoms with E-state index in [1.165, 1.54) is 11.1 Å². The van der Waals surface area contributed by atoms with Gasteiger partial charge in [0.15, 0.2) is 0 Å². The Morgan fingerprint density at radius 1 is 1.32 bits per heavy atom. The molecule has 1 saturated carbocycles. The molecule has 2 aliphatic rings. The van der Waals surface area contributed by atoms with Gasteiger partial charge in [-0.1, -0.05) is 25.1 Å². The first kappa shape index (κ1) is 21.6. The summed E-state index contributed by atoms with van der Waals surface area (Å²) in [6.45, 7) is 7.30. The predicted molar refractivity (Wildman–Crippen MR) is 123 cm³/mol. The van der Waals surface area contributed by atoms with E-state index in [-0.39, 0.29) is 5.91 Å². The fourth-order valence-corrected chi connectivity index (χ4v) is 4.07. The number of aliphatic hydroxyl groups excluding tert-OH is 1. The van der Waals surface area contributed by atoms with Crippen molar-refractivity contribution in [2.75, 3.05) is 18.6 Å². The third kappa shape index (κ3) is 4.83. The molecule has 1 amide bonds. The Hall–Kier alpha value is -2.64. The minimum Gasteiger partial charge on any atom is -0.374 e. The lowest BCUT2D eigenvalue weighted by Crippen LogP contribution is -2.26. The smallest absolute Gasteiger partial charge is 0.253 e. The maximum atomic E-state index is 12.5. The standard InChI is InChI=1S/C24H33N5O2/c1-4-11-25-24(31)20-13-29-22(16(20)3)21(26-14-27-29)10-7-17-12-18(6-5-15(17)2)23(30)28-19-8-9-19/h5-6,12-13,19,23,27-28,30H,4,7-11,14H2,1-3H3,(H,25,31). The lowest BCUT2D eigenvalue weighted by atomic mass is 9.97. The predicted octanol–water partition coefficient (Wildman–Crippen LogP) is 2.92. The van der Waals surface area contributed by atoms with Gasteiger partial charge in [0, 0.05) is 18.8 Å². The molecule has 0 radical (unpaired) electrons. The van der Waals surface area contributed by atoms with Gasteiger partial charge in [0.2, 0.25) is 0 Å². The Morgan fingerprint density at radius 3 is 2.87 bits per heavy atom. The fourth-order valence-electron chi connectivity index (χ4n) is 4.07. The molecule has 1 atom stereocenters. The van der Waals surface area contributed by atoms with Crippen LogP contribution in [0.25, 0.3) is 0 Å². The highest BCUT2D eigenvalue weighted by Crippen LogP contribution is 2.25. The van der Waals surface area contributed by atoms with Crippen LogP contribution in [0.1, 0.15) is 77.1 Å². The topological polar surface area (TPSA) is 90.7 Å². The van der Waals surface area contributed by atoms with Crippen LogP contribution in [0, 0.1) is 13.8 Å². The summed E-state index contributed by atoms with van der Waals surface area (Å²) in [6.07, 6.45) is 6.05. The van der Waals surface area contributed by atoms with Crippen molar-refractivity contribution in [3.05, 3.63) is 57.9 Å². The van der Waals surface area contributed by atoms with Crippen molar-refractivity contribution in [2.24, 2.45) is 4.99 Å². The highest BCUT2D eigenvalue weighted by atomic mass is 16.3. The SMILES string of the molecule is CCCNC(=O)c1cn2c(c1C)C(CCc1cc(C(O)NC3CC3)ccc1C)=NCN2. The van der Waals surface area contributed by atoms with Crippen LogP contribution in [0.2, 0.25) is 0 Å². The molecule has 0 saturated heterocycles. The van der Waals surface area contributed by atoms with Crippen LogP contribution in [-0.2, 0) is 6.42 Å². The van der Waals surface area contributed by atoms with Crippen molar-refractivity contribution in [3.8, 4) is 0 Å². The molecule has 7 nitrogen and oxygen atoms in total. The van der Waals surface area contributed by atoms with Crippen molar-refractivity contribution in [3.63, 3.8) is 0 Å². The van der Waals surface area contributed by atoms with Crippen LogP contribution in [0.5, 0.6) is 0 Å². The highest BCUT2D eigenvalue weighted by molar-refractivity contribution is 6.05. The fraction of sp³-hybridized carbons (Fsp3) is 0.500. The second kappa shape index (κ2) is 9.24. The number of aromatic nitrogens is 1. The van der Waals surface area contributed by atoms with E-state index in [0.717, 1.165) is 54.6 Å². The molecule has 4 N–H and O–H groups in total. The first-order chi connectivity index (χ1) is 15.0. The molecule has 0 bridgehead atoms. The van der Waals surface area contributed by atoms with Gasteiger partial charge in [0.1, 0.15) is 12.9 Å². The molecular formula is C24H33N5O2. The first-order valence-corrected chi connectivity index (χ1v) is 11.3. The van der Waals surface area contributed by atoms with Gasteiger partial charge in [0.25, 0.3) is 5.91 Å². The van der Waals surface area contributed by atoms with Crippen LogP contribution in [0.3, 0.4) is 0 Å². The summed E-state index contributed by atoms with van der Waals surface area (Å²) in [5, 5.41) is 16.7. The van der Waals surface area contributed by atoms with Crippen LogP contribution < -0.4 is 16.1 Å². The normalized spacial score (nSPS) is 16.3. The number of fused-ring (bicyclic) bond motifs is 1. The van der Waals surface area contributed by atoms with E-state index in [0.29, 0.717) is 24.8 Å². The first-order valence-electron chi connectivity index (χ1n) is 11.3. The summed E-state index contributed by atoms with van der Waals surface area (Å²) in [4.78, 5) is 17.2. The number of rotatable bonds is 9. The second-order valence-corrected chi connectivity index (χ2v) is 8.59. The van der Waals surface area contributed by atoms with Crippen LogP contribution in [0.4, 0.5) is 0 Å². The van der Waals surface area contributed by atoms with Gasteiger partial charge in [-0.05, 0) is 68.2 Å². The molecule has 1 aromatic carbocycles. The van der Waals surface area contributed by atoms with E-state index in [1.807, 2.05) is 30.8 Å². The lowest BCUT2D eigenvalue weighted by molar-refractivity contribution is 0.0953. The number of benzene rings is 1. The summed E-state index contributed by atoms with van der Waals surface area (Å²) in [6, 6.07) is 6.63. The van der Waals surface area contributed by atoms with E-state index < -0.39 is 6.23 Å². The Kier molecular flexibility index (Phi) is 6.43. The van der Waals surface area contributed by atoms with E-state index in [4.69, 9.17) is 4.99 Å². The third-order valence-corrected chi connectivity index (χ3v) is 6.11. The number of nitrogens with zero attached hydrogens (tertiary/aromatic N) is 2. The molecule has 1 aliphatic carbocycles. The Morgan fingerprint density at radius 2 is 2.13 bits per heavy atom. The average Bonchev–Trinajstić information content (AvgIpc) is 3.52. The van der Waals surface area contributed by atoms with Crippen LogP contribution >= 0.6 is 0 Å². The molecule has 4 rings (SSSR count). The molecular weight excluding hydrogens is 390 g/mol. The zero-order valence-electron chi connectivity index (χ0n) is 18.7. The molecule has 1 unspecified atom stereocenters. The van der Waals surface area contributed by atoms with Gasteiger partial charge in [-0.2, -0.15) is 0 Å². The summed E-state index contributed by atoms with van der Waals surface area (Å²) >= 11 is 0. The highest BCUT2D eigenvalue weighted by Gasteiger charge is 2.25. The van der Waals surface area contributed by atoms with Crippen molar-refractivity contribution >= 4 is 11.6 Å². The number of aliphatic hydroxyl groups is 1. The summed E-state index contributed by atoms with van der Waals surface area (Å²) in [7, 11) is 0. The maximum absolute atomic E-state index is 12.5. The van der Waals surface area contributed by atoms with Crippen molar-refractivity contribution in [1.82, 2.24) is 15.3 Å². The number of carbonyl (C=O) groups is 1. The third-order valence-electron chi connectivity index (χ3n) is 6.11. The molecule has 1 fully saturated rings. The van der Waals surface area contributed by atoms with E-state index in [2.05, 4.69) is 35.1 Å². The Labute approximate surface area is 183 Å². The zero-order chi connectivity index (χ0) is 22.0. The number of hydrogen-bond donors (Lipinski definition) is 4. The molecule has 31 heavy (non-hydrogen) atoms. The van der Waals surface area contributed by atoms with E-state index in [9.17, 15) is 9.90 Å². The molecule has 1 aliphatic heterocycles. The largest absolute Gasteiger partial charge is 0.374 e. The minimum absolute atomic E-state index is 0.0388. The average molecular weight is 424 g/mol. The number of amides is 1. The Bertz CT molecular complexity index is 990. The van der Waals surface area contributed by atoms with Gasteiger partial charge in [-0.15, -0.1) is 0 Å². The minimum atomic E-state index is -0.619. The Balaban J connectivity index is 1.49. The van der Waals surface area contributed by atoms with Gasteiger partial charge < -0.3 is 15.8 Å². The number of hydrogen-bond acceptors (Lipinski definition) is 5. The number of carbonyl (C=O) groups excluding carboxylic acids is 1.